The molecule has 1 aromatic heterocycles. The van der Waals surface area contributed by atoms with Gasteiger partial charge >= 0.3 is 5.97 Å². The SMILES string of the molecule is CCOC(=O)c1nc(-c2cccc(Cl)c2)ns1. The van der Waals surface area contributed by atoms with Crippen molar-refractivity contribution in [2.24, 2.45) is 0 Å². The zero-order valence-electron chi connectivity index (χ0n) is 9.01. The van der Waals surface area contributed by atoms with Gasteiger partial charge in [-0.05, 0) is 30.6 Å². The van der Waals surface area contributed by atoms with Crippen molar-refractivity contribution < 1.29 is 9.53 Å². The standard InChI is InChI=1S/C11H9ClN2O2S/c1-2-16-11(15)10-13-9(14-17-10)7-4-3-5-8(12)6-7/h3-6H,2H2,1H3. The van der Waals surface area contributed by atoms with E-state index < -0.39 is 5.97 Å². The highest BCUT2D eigenvalue weighted by atomic mass is 35.5. The Morgan fingerprint density at radius 2 is 2.35 bits per heavy atom. The molecule has 17 heavy (non-hydrogen) atoms. The molecular formula is C11H9ClN2O2S. The van der Waals surface area contributed by atoms with Crippen LogP contribution in [0.2, 0.25) is 5.02 Å². The van der Waals surface area contributed by atoms with Gasteiger partial charge in [-0.3, -0.25) is 0 Å². The largest absolute Gasteiger partial charge is 0.461 e. The molecule has 0 aliphatic heterocycles. The molecule has 1 heterocycles. The topological polar surface area (TPSA) is 52.1 Å². The van der Waals surface area contributed by atoms with Gasteiger partial charge in [0, 0.05) is 10.6 Å². The summed E-state index contributed by atoms with van der Waals surface area (Å²) in [7, 11) is 0. The number of halogens is 1. The van der Waals surface area contributed by atoms with Crippen LogP contribution < -0.4 is 0 Å². The van der Waals surface area contributed by atoms with Crippen molar-refractivity contribution in [1.29, 1.82) is 0 Å². The van der Waals surface area contributed by atoms with Gasteiger partial charge in [-0.25, -0.2) is 9.78 Å². The average molecular weight is 269 g/mol. The Hall–Kier alpha value is -1.46. The highest BCUT2D eigenvalue weighted by molar-refractivity contribution is 7.07. The molecular weight excluding hydrogens is 260 g/mol. The van der Waals surface area contributed by atoms with E-state index in [-0.39, 0.29) is 5.01 Å². The Bertz CT molecular complexity index is 542. The molecule has 0 N–H and O–H groups in total. The zero-order valence-corrected chi connectivity index (χ0v) is 10.6. The number of carbonyl (C=O) groups is 1. The monoisotopic (exact) mass is 268 g/mol. The Labute approximate surface area is 107 Å². The van der Waals surface area contributed by atoms with Gasteiger partial charge in [-0.2, -0.15) is 4.37 Å². The van der Waals surface area contributed by atoms with Crippen LogP contribution in [0.4, 0.5) is 0 Å². The van der Waals surface area contributed by atoms with Gasteiger partial charge in [-0.15, -0.1) is 0 Å². The van der Waals surface area contributed by atoms with E-state index in [0.29, 0.717) is 17.5 Å². The summed E-state index contributed by atoms with van der Waals surface area (Å²) < 4.78 is 8.95. The summed E-state index contributed by atoms with van der Waals surface area (Å²) >= 11 is 6.89. The van der Waals surface area contributed by atoms with Crippen molar-refractivity contribution in [3.05, 3.63) is 34.3 Å². The van der Waals surface area contributed by atoms with E-state index in [9.17, 15) is 4.79 Å². The molecule has 0 aliphatic carbocycles. The quantitative estimate of drug-likeness (QED) is 0.803. The Morgan fingerprint density at radius 1 is 1.53 bits per heavy atom. The van der Waals surface area contributed by atoms with E-state index in [1.165, 1.54) is 0 Å². The lowest BCUT2D eigenvalue weighted by molar-refractivity contribution is 0.0526. The van der Waals surface area contributed by atoms with Gasteiger partial charge in [0.1, 0.15) is 0 Å². The number of esters is 1. The van der Waals surface area contributed by atoms with E-state index >= 15 is 0 Å². The van der Waals surface area contributed by atoms with Crippen LogP contribution in [0, 0.1) is 0 Å². The summed E-state index contributed by atoms with van der Waals surface area (Å²) in [6, 6.07) is 7.16. The first-order valence-corrected chi connectivity index (χ1v) is 6.12. The van der Waals surface area contributed by atoms with E-state index in [4.69, 9.17) is 16.3 Å². The van der Waals surface area contributed by atoms with Crippen LogP contribution in [0.1, 0.15) is 16.7 Å². The molecule has 0 spiro atoms. The molecule has 2 rings (SSSR count). The minimum Gasteiger partial charge on any atom is -0.461 e. The smallest absolute Gasteiger partial charge is 0.369 e. The lowest BCUT2D eigenvalue weighted by Crippen LogP contribution is -2.03. The summed E-state index contributed by atoms with van der Waals surface area (Å²) in [4.78, 5) is 15.5. The van der Waals surface area contributed by atoms with Gasteiger partial charge in [0.2, 0.25) is 5.01 Å². The van der Waals surface area contributed by atoms with Crippen molar-refractivity contribution in [2.75, 3.05) is 6.61 Å². The van der Waals surface area contributed by atoms with Crippen molar-refractivity contribution in [1.82, 2.24) is 9.36 Å². The van der Waals surface area contributed by atoms with E-state index in [1.807, 2.05) is 12.1 Å². The molecule has 6 heteroatoms. The van der Waals surface area contributed by atoms with Crippen LogP contribution in [0.25, 0.3) is 11.4 Å². The van der Waals surface area contributed by atoms with Crippen LogP contribution in [0.5, 0.6) is 0 Å². The Morgan fingerprint density at radius 3 is 3.06 bits per heavy atom. The number of rotatable bonds is 3. The molecule has 1 aromatic carbocycles. The van der Waals surface area contributed by atoms with Crippen molar-refractivity contribution in [3.8, 4) is 11.4 Å². The maximum absolute atomic E-state index is 11.4. The molecule has 0 aliphatic rings. The van der Waals surface area contributed by atoms with Gasteiger partial charge in [-0.1, -0.05) is 23.7 Å². The number of ether oxygens (including phenoxy) is 1. The summed E-state index contributed by atoms with van der Waals surface area (Å²) in [5.41, 5.74) is 0.782. The number of carbonyl (C=O) groups excluding carboxylic acids is 1. The van der Waals surface area contributed by atoms with Gasteiger partial charge in [0.05, 0.1) is 6.61 Å². The third-order valence-corrected chi connectivity index (χ3v) is 2.89. The normalized spacial score (nSPS) is 10.2. The third kappa shape index (κ3) is 2.81. The minimum atomic E-state index is -0.446. The van der Waals surface area contributed by atoms with Gasteiger partial charge in [0.25, 0.3) is 0 Å². The van der Waals surface area contributed by atoms with Crippen LogP contribution in [-0.4, -0.2) is 21.9 Å². The fraction of sp³-hybridized carbons (Fsp3) is 0.182. The summed E-state index contributed by atoms with van der Waals surface area (Å²) in [5.74, 6) is 0.0406. The van der Waals surface area contributed by atoms with Crippen molar-refractivity contribution in [2.45, 2.75) is 6.92 Å². The summed E-state index contributed by atoms with van der Waals surface area (Å²) in [5, 5.41) is 0.858. The summed E-state index contributed by atoms with van der Waals surface area (Å²) in [6.07, 6.45) is 0. The second-order valence-corrected chi connectivity index (χ2v) is 4.34. The molecule has 0 atom stereocenters. The van der Waals surface area contributed by atoms with E-state index in [0.717, 1.165) is 17.1 Å². The maximum atomic E-state index is 11.4. The summed E-state index contributed by atoms with van der Waals surface area (Å²) in [6.45, 7) is 2.07. The highest BCUT2D eigenvalue weighted by Gasteiger charge is 2.14. The average Bonchev–Trinajstić information content (AvgIpc) is 2.78. The Kier molecular flexibility index (Phi) is 3.71. The van der Waals surface area contributed by atoms with Crippen LogP contribution >= 0.6 is 23.1 Å². The molecule has 88 valence electrons. The lowest BCUT2D eigenvalue weighted by Gasteiger charge is -1.96. The molecule has 0 saturated carbocycles. The van der Waals surface area contributed by atoms with E-state index in [2.05, 4.69) is 9.36 Å². The fourth-order valence-corrected chi connectivity index (χ4v) is 2.01. The van der Waals surface area contributed by atoms with Crippen molar-refractivity contribution >= 4 is 29.1 Å². The van der Waals surface area contributed by atoms with Gasteiger partial charge in [0.15, 0.2) is 5.82 Å². The van der Waals surface area contributed by atoms with Crippen LogP contribution in [-0.2, 0) is 4.74 Å². The number of benzene rings is 1. The van der Waals surface area contributed by atoms with Crippen LogP contribution in [0.3, 0.4) is 0 Å². The molecule has 0 saturated heterocycles. The lowest BCUT2D eigenvalue weighted by atomic mass is 10.2. The Balaban J connectivity index is 2.27. The fourth-order valence-electron chi connectivity index (χ4n) is 1.24. The predicted molar refractivity (Wildman–Crippen MR) is 66.3 cm³/mol. The van der Waals surface area contributed by atoms with Crippen molar-refractivity contribution in [3.63, 3.8) is 0 Å². The third-order valence-electron chi connectivity index (χ3n) is 1.96. The number of aromatic nitrogens is 2. The second-order valence-electron chi connectivity index (χ2n) is 3.15. The predicted octanol–water partition coefficient (Wildman–Crippen LogP) is 3.04. The van der Waals surface area contributed by atoms with E-state index in [1.54, 1.807) is 19.1 Å². The molecule has 0 fully saturated rings. The zero-order chi connectivity index (χ0) is 12.3. The van der Waals surface area contributed by atoms with Crippen LogP contribution in [0.15, 0.2) is 24.3 Å². The first kappa shape index (κ1) is 12.0. The number of hydrogen-bond donors (Lipinski definition) is 0. The maximum Gasteiger partial charge on any atom is 0.369 e. The molecule has 0 unspecified atom stereocenters. The minimum absolute atomic E-state index is 0.252. The first-order valence-electron chi connectivity index (χ1n) is 4.97. The molecule has 0 bridgehead atoms. The molecule has 4 nitrogen and oxygen atoms in total. The number of nitrogens with zero attached hydrogens (tertiary/aromatic N) is 2. The molecule has 0 amide bonds. The molecule has 2 aromatic rings. The van der Waals surface area contributed by atoms with Gasteiger partial charge < -0.3 is 4.74 Å². The second kappa shape index (κ2) is 5.25. The molecule has 0 radical (unpaired) electrons. The highest BCUT2D eigenvalue weighted by Crippen LogP contribution is 2.21. The first-order chi connectivity index (χ1) is 8.20. The number of hydrogen-bond acceptors (Lipinski definition) is 5.